The first kappa shape index (κ1) is 42.6. The summed E-state index contributed by atoms with van der Waals surface area (Å²) in [6, 6.07) is 31.1. The predicted octanol–water partition coefficient (Wildman–Crippen LogP) is 8.20. The minimum Gasteiger partial charge on any atom is -0.497 e. The number of hydrogen-bond donors (Lipinski definition) is 1. The summed E-state index contributed by atoms with van der Waals surface area (Å²) in [7, 11) is -2.12. The lowest BCUT2D eigenvalue weighted by molar-refractivity contribution is -0.136. The third kappa shape index (κ3) is 8.31. The molecule has 2 fully saturated rings. The fourth-order valence-corrected chi connectivity index (χ4v) is 16.9. The smallest absolute Gasteiger partial charge is 0.333 e. The number of carbonyl (C=O) groups excluding carboxylic acids is 1. The summed E-state index contributed by atoms with van der Waals surface area (Å²) >= 11 is 0. The molecule has 4 atom stereocenters. The molecule has 10 heteroatoms. The van der Waals surface area contributed by atoms with Crippen molar-refractivity contribution in [3.8, 4) is 11.5 Å². The predicted molar refractivity (Wildman–Crippen MR) is 224 cm³/mol. The molecule has 5 rings (SSSR count). The maximum absolute atomic E-state index is 13.9. The van der Waals surface area contributed by atoms with Crippen LogP contribution in [0.1, 0.15) is 60.8 Å². The second-order valence-corrected chi connectivity index (χ2v) is 24.9. The average molecular weight is 787 g/mol. The molecule has 8 nitrogen and oxygen atoms in total. The van der Waals surface area contributed by atoms with Crippen molar-refractivity contribution >= 4 is 33.0 Å². The highest BCUT2D eigenvalue weighted by atomic mass is 28.4. The number of hydrogen-bond acceptors (Lipinski definition) is 8. The summed E-state index contributed by atoms with van der Waals surface area (Å²) in [5.41, 5.74) is 1.06. The highest BCUT2D eigenvalue weighted by Gasteiger charge is 2.66. The lowest BCUT2D eigenvalue weighted by Gasteiger charge is -2.45. The Hall–Kier alpha value is -3.52. The van der Waals surface area contributed by atoms with Gasteiger partial charge in [0.25, 0.3) is 8.32 Å². The van der Waals surface area contributed by atoms with Crippen LogP contribution in [-0.4, -0.2) is 73.6 Å². The van der Waals surface area contributed by atoms with Crippen molar-refractivity contribution < 1.29 is 37.7 Å². The lowest BCUT2D eigenvalue weighted by Crippen LogP contribution is -2.66. The molecule has 1 N–H and O–H groups in total. The molecule has 2 saturated carbocycles. The topological polar surface area (TPSA) is 92.7 Å². The molecule has 0 amide bonds. The van der Waals surface area contributed by atoms with Crippen molar-refractivity contribution in [1.29, 1.82) is 0 Å². The van der Waals surface area contributed by atoms with Crippen LogP contribution in [0.4, 0.5) is 0 Å². The van der Waals surface area contributed by atoms with Gasteiger partial charge < -0.3 is 32.9 Å². The zero-order chi connectivity index (χ0) is 39.9. The van der Waals surface area contributed by atoms with Crippen LogP contribution in [0.2, 0.25) is 23.2 Å². The van der Waals surface area contributed by atoms with E-state index in [4.69, 9.17) is 27.8 Å². The molecule has 0 aromatic heterocycles. The van der Waals surface area contributed by atoms with E-state index < -0.39 is 34.3 Å². The van der Waals surface area contributed by atoms with E-state index in [0.717, 1.165) is 42.3 Å². The van der Waals surface area contributed by atoms with Gasteiger partial charge >= 0.3 is 5.97 Å². The Morgan fingerprint density at radius 2 is 1.42 bits per heavy atom. The Bertz CT molecular complexity index is 1700. The van der Waals surface area contributed by atoms with E-state index in [1.807, 2.05) is 36.4 Å². The van der Waals surface area contributed by atoms with Crippen LogP contribution in [0.5, 0.6) is 11.5 Å². The number of fused-ring (bicyclic) bond motifs is 2. The van der Waals surface area contributed by atoms with Crippen molar-refractivity contribution in [2.24, 2.45) is 11.8 Å². The van der Waals surface area contributed by atoms with Gasteiger partial charge in [0, 0.05) is 30.4 Å². The largest absolute Gasteiger partial charge is 0.497 e. The average Bonchev–Trinajstić information content (AvgIpc) is 3.68. The van der Waals surface area contributed by atoms with Gasteiger partial charge in [0.1, 0.15) is 11.5 Å². The van der Waals surface area contributed by atoms with Crippen LogP contribution in [0, 0.1) is 11.8 Å². The van der Waals surface area contributed by atoms with Crippen LogP contribution in [0.3, 0.4) is 0 Å². The Kier molecular flexibility index (Phi) is 14.1. The van der Waals surface area contributed by atoms with Gasteiger partial charge in [0.2, 0.25) is 0 Å². The van der Waals surface area contributed by atoms with E-state index in [0.29, 0.717) is 23.3 Å². The first-order valence-electron chi connectivity index (χ1n) is 19.8. The SMILES string of the molecule is C=C(COCOc1ccc(OC)cc1)C1(O[Si](CC)(CC)CC)[C@@H]2CC[C@H]1[C@H](O)/C2=C(/CCO[Si](c1ccccc1)(c1ccccc1)C(C)(C)C)C(=O)OC. The number of aliphatic hydroxyl groups is 1. The Balaban J connectivity index is 1.50. The molecule has 55 heavy (non-hydrogen) atoms. The third-order valence-corrected chi connectivity index (χ3v) is 22.0. The number of rotatable bonds is 19. The van der Waals surface area contributed by atoms with E-state index in [1.165, 1.54) is 17.5 Å². The summed E-state index contributed by atoms with van der Waals surface area (Å²) in [4.78, 5) is 13.9. The highest BCUT2D eigenvalue weighted by molar-refractivity contribution is 6.99. The molecule has 3 aromatic carbocycles. The van der Waals surface area contributed by atoms with Crippen LogP contribution < -0.4 is 19.8 Å². The summed E-state index contributed by atoms with van der Waals surface area (Å²) in [6.07, 6.45) is 0.909. The van der Waals surface area contributed by atoms with E-state index in [1.54, 1.807) is 7.11 Å². The van der Waals surface area contributed by atoms with Gasteiger partial charge in [-0.25, -0.2) is 4.79 Å². The minimum absolute atomic E-state index is 0.0207. The fourth-order valence-electron chi connectivity index (χ4n) is 9.29. The van der Waals surface area contributed by atoms with Crippen molar-refractivity contribution in [2.75, 3.05) is 34.2 Å². The first-order valence-corrected chi connectivity index (χ1v) is 24.3. The van der Waals surface area contributed by atoms with Crippen molar-refractivity contribution in [2.45, 2.75) is 95.7 Å². The van der Waals surface area contributed by atoms with E-state index in [-0.39, 0.29) is 36.9 Å². The summed E-state index contributed by atoms with van der Waals surface area (Å²) in [5, 5.41) is 14.4. The van der Waals surface area contributed by atoms with Crippen LogP contribution in [-0.2, 0) is 23.1 Å². The minimum atomic E-state index is -2.88. The first-order chi connectivity index (χ1) is 26.4. The molecule has 0 aliphatic heterocycles. The number of benzene rings is 3. The molecule has 2 aliphatic rings. The maximum Gasteiger partial charge on any atom is 0.333 e. The molecule has 1 unspecified atom stereocenters. The number of methoxy groups -OCH3 is 2. The second kappa shape index (κ2) is 18.2. The molecule has 0 heterocycles. The monoisotopic (exact) mass is 786 g/mol. The van der Waals surface area contributed by atoms with Crippen molar-refractivity contribution in [3.05, 3.63) is 108 Å². The van der Waals surface area contributed by atoms with Crippen LogP contribution in [0.15, 0.2) is 108 Å². The van der Waals surface area contributed by atoms with Gasteiger partial charge in [-0.2, -0.15) is 0 Å². The standard InChI is InChI=1S/C45H62O8Si2/c1-10-54(11-2,12-3)53-45(33(4)31-50-32-51-35-25-23-34(48-8)24-26-35)39-27-28-40(45)42(46)41(39)38(43(47)49-9)29-30-52-55(44(5,6)7,36-19-15-13-16-20-36)37-21-17-14-18-22-37/h13-26,39-40,42,46H,4,10-12,27-32H2,1-3,5-9H3/b41-38-/t39-,40+,42+,45?/m1/s1. The number of aliphatic hydroxyl groups excluding tert-OH is 1. The van der Waals surface area contributed by atoms with Crippen LogP contribution >= 0.6 is 0 Å². The molecule has 0 saturated heterocycles. The zero-order valence-electron chi connectivity index (χ0n) is 34.2. The molecule has 298 valence electrons. The Labute approximate surface area is 331 Å². The van der Waals surface area contributed by atoms with Gasteiger partial charge in [0.05, 0.1) is 32.5 Å². The molecular formula is C45H62O8Si2. The van der Waals surface area contributed by atoms with Gasteiger partial charge in [-0.05, 0) is 81.8 Å². The highest BCUT2D eigenvalue weighted by Crippen LogP contribution is 2.62. The van der Waals surface area contributed by atoms with Crippen molar-refractivity contribution in [3.63, 3.8) is 0 Å². The van der Waals surface area contributed by atoms with Gasteiger partial charge in [-0.3, -0.25) is 0 Å². The van der Waals surface area contributed by atoms with E-state index >= 15 is 0 Å². The van der Waals surface area contributed by atoms with Gasteiger partial charge in [-0.1, -0.05) is 109 Å². The Morgan fingerprint density at radius 1 is 0.855 bits per heavy atom. The van der Waals surface area contributed by atoms with E-state index in [9.17, 15) is 9.90 Å². The number of esters is 1. The zero-order valence-corrected chi connectivity index (χ0v) is 36.2. The van der Waals surface area contributed by atoms with E-state index in [2.05, 4.69) is 96.7 Å². The number of carbonyl (C=O) groups is 1. The maximum atomic E-state index is 13.9. The summed E-state index contributed by atoms with van der Waals surface area (Å²) in [5.74, 6) is 0.429. The molecule has 0 spiro atoms. The lowest BCUT2D eigenvalue weighted by atomic mass is 9.83. The Morgan fingerprint density at radius 3 is 1.93 bits per heavy atom. The summed E-state index contributed by atoms with van der Waals surface area (Å²) < 4.78 is 37.5. The molecular weight excluding hydrogens is 725 g/mol. The van der Waals surface area contributed by atoms with Gasteiger partial charge in [-0.15, -0.1) is 0 Å². The third-order valence-electron chi connectivity index (χ3n) is 12.3. The molecule has 2 aliphatic carbocycles. The molecule has 0 radical (unpaired) electrons. The number of ether oxygens (including phenoxy) is 4. The fraction of sp³-hybridized carbons (Fsp3) is 0.489. The quantitative estimate of drug-likeness (QED) is 0.0325. The normalized spacial score (nSPS) is 22.0. The van der Waals surface area contributed by atoms with Crippen molar-refractivity contribution in [1.82, 2.24) is 0 Å². The molecule has 3 aromatic rings. The van der Waals surface area contributed by atoms with Gasteiger partial charge in [0.15, 0.2) is 15.1 Å². The molecule has 2 bridgehead atoms. The van der Waals surface area contributed by atoms with Crippen LogP contribution in [0.25, 0.3) is 0 Å². The second-order valence-electron chi connectivity index (χ2n) is 15.9. The summed E-state index contributed by atoms with van der Waals surface area (Å²) in [6.45, 7) is 18.5.